The normalized spacial score (nSPS) is 10.0. The zero-order chi connectivity index (χ0) is 11.2. The molecule has 0 saturated heterocycles. The maximum Gasteiger partial charge on any atom is 0.224 e. The molecule has 0 fully saturated rings. The van der Waals surface area contributed by atoms with Crippen LogP contribution in [0.2, 0.25) is 0 Å². The van der Waals surface area contributed by atoms with Crippen LogP contribution in [0.15, 0.2) is 42.9 Å². The number of nitrogens with zero attached hydrogens (tertiary/aromatic N) is 1. The molecule has 0 saturated carbocycles. The summed E-state index contributed by atoms with van der Waals surface area (Å²) in [5.41, 5.74) is 1.85. The van der Waals surface area contributed by atoms with E-state index in [0.29, 0.717) is 13.0 Å². The molecule has 4 heteroatoms. The van der Waals surface area contributed by atoms with Crippen molar-refractivity contribution in [3.63, 3.8) is 0 Å². The molecule has 0 aromatic carbocycles. The topological polar surface area (TPSA) is 57.8 Å². The predicted octanol–water partition coefficient (Wildman–Crippen LogP) is 1.27. The van der Waals surface area contributed by atoms with Crippen molar-refractivity contribution in [3.8, 4) is 0 Å². The SMILES string of the molecule is O=C(Cc1cc[nH]c1)NCc1ccccn1. The standard InChI is InChI=1S/C12H13N3O/c16-12(7-10-4-6-13-8-10)15-9-11-3-1-2-5-14-11/h1-6,8,13H,7,9H2,(H,15,16). The molecule has 0 aliphatic heterocycles. The van der Waals surface area contributed by atoms with Crippen molar-refractivity contribution in [2.75, 3.05) is 0 Å². The first-order valence-corrected chi connectivity index (χ1v) is 5.13. The van der Waals surface area contributed by atoms with Gasteiger partial charge in [-0.15, -0.1) is 0 Å². The summed E-state index contributed by atoms with van der Waals surface area (Å²) in [6, 6.07) is 7.53. The van der Waals surface area contributed by atoms with E-state index in [4.69, 9.17) is 0 Å². The molecule has 2 aromatic heterocycles. The lowest BCUT2D eigenvalue weighted by molar-refractivity contribution is -0.120. The number of H-pyrrole nitrogens is 1. The molecule has 2 aromatic rings. The van der Waals surface area contributed by atoms with Crippen LogP contribution in [0.1, 0.15) is 11.3 Å². The van der Waals surface area contributed by atoms with Crippen molar-refractivity contribution in [2.24, 2.45) is 0 Å². The molecule has 2 heterocycles. The lowest BCUT2D eigenvalue weighted by atomic mass is 10.2. The Kier molecular flexibility index (Phi) is 3.33. The monoisotopic (exact) mass is 215 g/mol. The number of hydrogen-bond acceptors (Lipinski definition) is 2. The van der Waals surface area contributed by atoms with Gasteiger partial charge in [-0.1, -0.05) is 6.07 Å². The van der Waals surface area contributed by atoms with Gasteiger partial charge >= 0.3 is 0 Å². The van der Waals surface area contributed by atoms with Crippen LogP contribution in [0.4, 0.5) is 0 Å². The van der Waals surface area contributed by atoms with Crippen molar-refractivity contribution in [1.82, 2.24) is 15.3 Å². The van der Waals surface area contributed by atoms with Crippen LogP contribution >= 0.6 is 0 Å². The van der Waals surface area contributed by atoms with Gasteiger partial charge in [-0.25, -0.2) is 0 Å². The first-order valence-electron chi connectivity index (χ1n) is 5.13. The Hall–Kier alpha value is -2.10. The lowest BCUT2D eigenvalue weighted by Gasteiger charge is -2.03. The van der Waals surface area contributed by atoms with Crippen molar-refractivity contribution in [3.05, 3.63) is 54.1 Å². The molecular formula is C12H13N3O. The van der Waals surface area contributed by atoms with E-state index in [1.54, 1.807) is 12.4 Å². The van der Waals surface area contributed by atoms with Crippen molar-refractivity contribution < 1.29 is 4.79 Å². The van der Waals surface area contributed by atoms with E-state index in [0.717, 1.165) is 11.3 Å². The largest absolute Gasteiger partial charge is 0.367 e. The smallest absolute Gasteiger partial charge is 0.224 e. The molecule has 0 spiro atoms. The maximum atomic E-state index is 11.5. The van der Waals surface area contributed by atoms with Gasteiger partial charge in [-0.05, 0) is 23.8 Å². The Labute approximate surface area is 93.7 Å². The van der Waals surface area contributed by atoms with E-state index in [-0.39, 0.29) is 5.91 Å². The number of aromatic nitrogens is 2. The van der Waals surface area contributed by atoms with E-state index >= 15 is 0 Å². The van der Waals surface area contributed by atoms with Crippen LogP contribution in [0, 0.1) is 0 Å². The average Bonchev–Trinajstić information content (AvgIpc) is 2.81. The third-order valence-electron chi connectivity index (χ3n) is 2.22. The fourth-order valence-corrected chi connectivity index (χ4v) is 1.41. The number of aromatic amines is 1. The summed E-state index contributed by atoms with van der Waals surface area (Å²) < 4.78 is 0. The summed E-state index contributed by atoms with van der Waals surface area (Å²) in [5.74, 6) is 0.00486. The summed E-state index contributed by atoms with van der Waals surface area (Å²) in [6.45, 7) is 0.476. The highest BCUT2D eigenvalue weighted by molar-refractivity contribution is 5.78. The summed E-state index contributed by atoms with van der Waals surface area (Å²) in [4.78, 5) is 18.6. The highest BCUT2D eigenvalue weighted by Gasteiger charge is 2.03. The summed E-state index contributed by atoms with van der Waals surface area (Å²) in [6.07, 6.45) is 5.74. The van der Waals surface area contributed by atoms with E-state index < -0.39 is 0 Å². The van der Waals surface area contributed by atoms with Crippen molar-refractivity contribution in [2.45, 2.75) is 13.0 Å². The third-order valence-corrected chi connectivity index (χ3v) is 2.22. The Balaban J connectivity index is 1.80. The first kappa shape index (κ1) is 10.4. The number of carbonyl (C=O) groups excluding carboxylic acids is 1. The minimum absolute atomic E-state index is 0.00486. The number of rotatable bonds is 4. The number of nitrogens with one attached hydrogen (secondary N) is 2. The second-order valence-corrected chi connectivity index (χ2v) is 3.49. The van der Waals surface area contributed by atoms with Crippen LogP contribution in [-0.4, -0.2) is 15.9 Å². The lowest BCUT2D eigenvalue weighted by Crippen LogP contribution is -2.24. The molecule has 0 atom stereocenters. The first-order chi connectivity index (χ1) is 7.84. The number of amides is 1. The van der Waals surface area contributed by atoms with E-state index in [1.807, 2.05) is 30.5 Å². The van der Waals surface area contributed by atoms with Crippen LogP contribution in [0.3, 0.4) is 0 Å². The van der Waals surface area contributed by atoms with Crippen LogP contribution in [-0.2, 0) is 17.8 Å². The fourth-order valence-electron chi connectivity index (χ4n) is 1.41. The van der Waals surface area contributed by atoms with Gasteiger partial charge in [0.2, 0.25) is 5.91 Å². The molecule has 1 amide bonds. The van der Waals surface area contributed by atoms with Gasteiger partial charge in [0.15, 0.2) is 0 Å². The van der Waals surface area contributed by atoms with Gasteiger partial charge in [-0.2, -0.15) is 0 Å². The minimum atomic E-state index is 0.00486. The molecule has 4 nitrogen and oxygen atoms in total. The minimum Gasteiger partial charge on any atom is -0.367 e. The summed E-state index contributed by atoms with van der Waals surface area (Å²) in [5, 5.41) is 2.82. The van der Waals surface area contributed by atoms with Crippen molar-refractivity contribution in [1.29, 1.82) is 0 Å². The molecule has 0 radical (unpaired) electrons. The van der Waals surface area contributed by atoms with Gasteiger partial charge in [0, 0.05) is 18.6 Å². The Morgan fingerprint density at radius 2 is 2.31 bits per heavy atom. The van der Waals surface area contributed by atoms with Gasteiger partial charge in [-0.3, -0.25) is 9.78 Å². The molecule has 2 N–H and O–H groups in total. The van der Waals surface area contributed by atoms with Gasteiger partial charge < -0.3 is 10.3 Å². The zero-order valence-electron chi connectivity index (χ0n) is 8.81. The van der Waals surface area contributed by atoms with Gasteiger partial charge in [0.1, 0.15) is 0 Å². The summed E-state index contributed by atoms with van der Waals surface area (Å²) in [7, 11) is 0. The second kappa shape index (κ2) is 5.11. The maximum absolute atomic E-state index is 11.5. The molecule has 0 unspecified atom stereocenters. The average molecular weight is 215 g/mol. The number of carbonyl (C=O) groups is 1. The van der Waals surface area contributed by atoms with Gasteiger partial charge in [0.05, 0.1) is 18.7 Å². The Bertz CT molecular complexity index is 437. The molecule has 0 bridgehead atoms. The Morgan fingerprint density at radius 1 is 1.38 bits per heavy atom. The highest BCUT2D eigenvalue weighted by atomic mass is 16.1. The zero-order valence-corrected chi connectivity index (χ0v) is 8.81. The summed E-state index contributed by atoms with van der Waals surface area (Å²) >= 11 is 0. The molecule has 0 aliphatic carbocycles. The molecule has 2 rings (SSSR count). The molecule has 0 aliphatic rings. The molecular weight excluding hydrogens is 202 g/mol. The van der Waals surface area contributed by atoms with Gasteiger partial charge in [0.25, 0.3) is 0 Å². The van der Waals surface area contributed by atoms with E-state index in [2.05, 4.69) is 15.3 Å². The molecule has 16 heavy (non-hydrogen) atoms. The number of hydrogen-bond donors (Lipinski definition) is 2. The molecule has 82 valence electrons. The number of pyridine rings is 1. The van der Waals surface area contributed by atoms with E-state index in [9.17, 15) is 4.79 Å². The van der Waals surface area contributed by atoms with Crippen LogP contribution in [0.5, 0.6) is 0 Å². The third kappa shape index (κ3) is 2.95. The quantitative estimate of drug-likeness (QED) is 0.806. The van der Waals surface area contributed by atoms with Crippen LogP contribution in [0.25, 0.3) is 0 Å². The Morgan fingerprint density at radius 3 is 3.00 bits per heavy atom. The fraction of sp³-hybridized carbons (Fsp3) is 0.167. The highest BCUT2D eigenvalue weighted by Crippen LogP contribution is 1.98. The predicted molar refractivity (Wildman–Crippen MR) is 60.6 cm³/mol. The van der Waals surface area contributed by atoms with E-state index in [1.165, 1.54) is 0 Å². The van der Waals surface area contributed by atoms with Crippen LogP contribution < -0.4 is 5.32 Å². The van der Waals surface area contributed by atoms with Crippen molar-refractivity contribution >= 4 is 5.91 Å². The second-order valence-electron chi connectivity index (χ2n) is 3.49.